The van der Waals surface area contributed by atoms with Crippen LogP contribution in [0.25, 0.3) is 16.2 Å². The van der Waals surface area contributed by atoms with Crippen LogP contribution in [0.3, 0.4) is 0 Å². The molecule has 0 unspecified atom stereocenters. The van der Waals surface area contributed by atoms with Crippen LogP contribution in [0.4, 0.5) is 5.69 Å². The maximum Gasteiger partial charge on any atom is 0.224 e. The lowest BCUT2D eigenvalue weighted by Crippen LogP contribution is -2.13. The van der Waals surface area contributed by atoms with Crippen molar-refractivity contribution in [1.82, 2.24) is 9.38 Å². The van der Waals surface area contributed by atoms with Crippen LogP contribution < -0.4 is 10.1 Å². The highest BCUT2D eigenvalue weighted by Crippen LogP contribution is 2.26. The molecule has 2 aromatic carbocycles. The van der Waals surface area contributed by atoms with E-state index in [4.69, 9.17) is 21.3 Å². The van der Waals surface area contributed by atoms with Crippen molar-refractivity contribution in [1.29, 1.82) is 0 Å². The maximum atomic E-state index is 12.4. The van der Waals surface area contributed by atoms with Crippen molar-refractivity contribution in [3.63, 3.8) is 0 Å². The molecule has 0 radical (unpaired) electrons. The van der Waals surface area contributed by atoms with E-state index in [1.54, 1.807) is 18.4 Å². The van der Waals surface area contributed by atoms with Gasteiger partial charge in [0.25, 0.3) is 0 Å². The summed E-state index contributed by atoms with van der Waals surface area (Å²) < 4.78 is 7.27. The van der Waals surface area contributed by atoms with Crippen LogP contribution in [0.2, 0.25) is 5.02 Å². The first-order valence-electron chi connectivity index (χ1n) is 9.20. The van der Waals surface area contributed by atoms with Gasteiger partial charge in [0.2, 0.25) is 5.91 Å². The number of thiazole rings is 1. The second-order valence-electron chi connectivity index (χ2n) is 6.69. The number of nitrogens with zero attached hydrogens (tertiary/aromatic N) is 2. The minimum Gasteiger partial charge on any atom is -0.497 e. The van der Waals surface area contributed by atoms with Gasteiger partial charge >= 0.3 is 0 Å². The number of fused-ring (bicyclic) bond motifs is 1. The molecular weight excluding hydrogens is 406 g/mol. The summed E-state index contributed by atoms with van der Waals surface area (Å²) in [5, 5.41) is 5.65. The molecule has 0 fully saturated rings. The summed E-state index contributed by atoms with van der Waals surface area (Å²) in [7, 11) is 1.65. The second-order valence-corrected chi connectivity index (χ2v) is 7.94. The molecule has 4 rings (SSSR count). The van der Waals surface area contributed by atoms with Crippen molar-refractivity contribution in [2.45, 2.75) is 19.8 Å². The first kappa shape index (κ1) is 19.5. The van der Waals surface area contributed by atoms with Crippen LogP contribution in [-0.2, 0) is 11.2 Å². The Morgan fingerprint density at radius 2 is 2.03 bits per heavy atom. The molecule has 0 aliphatic heterocycles. The summed E-state index contributed by atoms with van der Waals surface area (Å²) in [5.74, 6) is 0.779. The van der Waals surface area contributed by atoms with Gasteiger partial charge in [0.1, 0.15) is 5.75 Å². The Morgan fingerprint density at radius 1 is 1.24 bits per heavy atom. The minimum absolute atomic E-state index is 0.0368. The summed E-state index contributed by atoms with van der Waals surface area (Å²) in [6, 6.07) is 13.3. The molecule has 0 spiro atoms. The van der Waals surface area contributed by atoms with Gasteiger partial charge < -0.3 is 10.1 Å². The fourth-order valence-electron chi connectivity index (χ4n) is 3.11. The number of imidazole rings is 1. The molecule has 0 saturated heterocycles. The number of nitrogens with one attached hydrogen (secondary N) is 1. The number of carbonyl (C=O) groups excluding carboxylic acids is 1. The largest absolute Gasteiger partial charge is 0.497 e. The predicted octanol–water partition coefficient (Wildman–Crippen LogP) is 5.60. The number of hydrogen-bond acceptors (Lipinski definition) is 4. The Labute approximate surface area is 177 Å². The van der Waals surface area contributed by atoms with Crippen LogP contribution in [0.5, 0.6) is 5.75 Å². The lowest BCUT2D eigenvalue weighted by Gasteiger charge is -2.09. The number of anilines is 1. The maximum absolute atomic E-state index is 12.4. The number of rotatable bonds is 6. The number of carbonyl (C=O) groups is 1. The van der Waals surface area contributed by atoms with Gasteiger partial charge in [0, 0.05) is 40.0 Å². The van der Waals surface area contributed by atoms with Crippen LogP contribution in [0, 0.1) is 6.92 Å². The molecular formula is C22H20ClN3O2S. The van der Waals surface area contributed by atoms with E-state index in [2.05, 4.69) is 15.1 Å². The Bertz CT molecular complexity index is 1160. The van der Waals surface area contributed by atoms with Gasteiger partial charge in [-0.2, -0.15) is 0 Å². The molecule has 148 valence electrons. The number of amides is 1. The topological polar surface area (TPSA) is 55.6 Å². The van der Waals surface area contributed by atoms with E-state index in [-0.39, 0.29) is 5.91 Å². The highest BCUT2D eigenvalue weighted by molar-refractivity contribution is 7.15. The van der Waals surface area contributed by atoms with Crippen molar-refractivity contribution in [3.05, 3.63) is 70.3 Å². The predicted molar refractivity (Wildman–Crippen MR) is 118 cm³/mol. The average molecular weight is 426 g/mol. The molecule has 0 aliphatic carbocycles. The van der Waals surface area contributed by atoms with E-state index < -0.39 is 0 Å². The van der Waals surface area contributed by atoms with Crippen molar-refractivity contribution in [2.24, 2.45) is 0 Å². The number of benzene rings is 2. The van der Waals surface area contributed by atoms with Gasteiger partial charge in [0.05, 0.1) is 12.8 Å². The normalized spacial score (nSPS) is 11.0. The summed E-state index contributed by atoms with van der Waals surface area (Å²) in [5.41, 5.74) is 4.62. The van der Waals surface area contributed by atoms with Gasteiger partial charge in [-0.25, -0.2) is 4.98 Å². The van der Waals surface area contributed by atoms with Crippen LogP contribution in [0.15, 0.2) is 54.0 Å². The number of halogens is 1. The highest BCUT2D eigenvalue weighted by Gasteiger charge is 2.12. The Hall–Kier alpha value is -2.83. The number of ether oxygens (including phenoxy) is 1. The fourth-order valence-corrected chi connectivity index (χ4v) is 4.19. The number of aromatic nitrogens is 2. The van der Waals surface area contributed by atoms with E-state index in [0.717, 1.165) is 38.9 Å². The quantitative estimate of drug-likeness (QED) is 0.437. The van der Waals surface area contributed by atoms with Crippen LogP contribution >= 0.6 is 22.9 Å². The summed E-state index contributed by atoms with van der Waals surface area (Å²) in [6.45, 7) is 1.90. The summed E-state index contributed by atoms with van der Waals surface area (Å²) >= 11 is 7.70. The summed E-state index contributed by atoms with van der Waals surface area (Å²) in [6.07, 6.45) is 3.03. The molecule has 29 heavy (non-hydrogen) atoms. The third-order valence-electron chi connectivity index (χ3n) is 4.82. The number of aryl methyl sites for hydroxylation is 1. The summed E-state index contributed by atoms with van der Waals surface area (Å²) in [4.78, 5) is 18.0. The van der Waals surface area contributed by atoms with Crippen molar-refractivity contribution < 1.29 is 9.53 Å². The van der Waals surface area contributed by atoms with Crippen molar-refractivity contribution in [3.8, 4) is 17.0 Å². The molecule has 4 aromatic rings. The standard InChI is InChI=1S/C22H20ClN3O2S/c1-14-18(23)4-3-5-19(14)24-21(27)11-8-16-13-29-22-25-20(12-26(16)22)15-6-9-17(28-2)10-7-15/h3-7,9-10,12-13H,8,11H2,1-2H3,(H,24,27). The van der Waals surface area contributed by atoms with E-state index in [9.17, 15) is 4.79 Å². The molecule has 1 amide bonds. The third kappa shape index (κ3) is 4.13. The zero-order valence-electron chi connectivity index (χ0n) is 16.1. The zero-order chi connectivity index (χ0) is 20.4. The molecule has 0 aliphatic rings. The van der Waals surface area contributed by atoms with Crippen LogP contribution in [0.1, 0.15) is 17.7 Å². The SMILES string of the molecule is COc1ccc(-c2cn3c(CCC(=O)Nc4cccc(Cl)c4C)csc3n2)cc1. The molecule has 2 heterocycles. The monoisotopic (exact) mass is 425 g/mol. The van der Waals surface area contributed by atoms with Gasteiger partial charge in [-0.3, -0.25) is 9.20 Å². The van der Waals surface area contributed by atoms with Gasteiger partial charge in [-0.1, -0.05) is 17.7 Å². The molecule has 5 nitrogen and oxygen atoms in total. The number of methoxy groups -OCH3 is 1. The Balaban J connectivity index is 1.46. The van der Waals surface area contributed by atoms with E-state index >= 15 is 0 Å². The van der Waals surface area contributed by atoms with Crippen molar-refractivity contribution in [2.75, 3.05) is 12.4 Å². The van der Waals surface area contributed by atoms with Crippen LogP contribution in [-0.4, -0.2) is 22.4 Å². The minimum atomic E-state index is -0.0368. The van der Waals surface area contributed by atoms with E-state index in [1.807, 2.05) is 55.6 Å². The van der Waals surface area contributed by atoms with Crippen molar-refractivity contribution >= 4 is 39.5 Å². The smallest absolute Gasteiger partial charge is 0.224 e. The molecule has 0 bridgehead atoms. The van der Waals surface area contributed by atoms with Gasteiger partial charge in [-0.05, 0) is 55.3 Å². The molecule has 2 aromatic heterocycles. The molecule has 1 N–H and O–H groups in total. The first-order chi connectivity index (χ1) is 14.0. The van der Waals surface area contributed by atoms with Gasteiger partial charge in [0.15, 0.2) is 4.96 Å². The zero-order valence-corrected chi connectivity index (χ0v) is 17.7. The lowest BCUT2D eigenvalue weighted by molar-refractivity contribution is -0.116. The molecule has 0 saturated carbocycles. The lowest BCUT2D eigenvalue weighted by atomic mass is 10.1. The fraction of sp³-hybridized carbons (Fsp3) is 0.182. The highest BCUT2D eigenvalue weighted by atomic mass is 35.5. The van der Waals surface area contributed by atoms with E-state index in [0.29, 0.717) is 17.9 Å². The molecule has 7 heteroatoms. The average Bonchev–Trinajstić information content (AvgIpc) is 3.31. The van der Waals surface area contributed by atoms with Gasteiger partial charge in [-0.15, -0.1) is 11.3 Å². The van der Waals surface area contributed by atoms with E-state index in [1.165, 1.54) is 0 Å². The first-order valence-corrected chi connectivity index (χ1v) is 10.5. The third-order valence-corrected chi connectivity index (χ3v) is 6.12. The second kappa shape index (κ2) is 8.27. The Kier molecular flexibility index (Phi) is 5.56. The molecule has 0 atom stereocenters. The Morgan fingerprint density at radius 3 is 2.79 bits per heavy atom. The number of hydrogen-bond donors (Lipinski definition) is 1.